The van der Waals surface area contributed by atoms with Gasteiger partial charge in [-0.3, -0.25) is 4.57 Å². The standard InChI is InChI=1S/C13H13N3OS/c1-10(9-14)18-13-15-6-7-16(13)11-4-3-5-12(8-11)17-2/h3-8,10H,1-2H3/t10-/m0/s1. The Morgan fingerprint density at radius 1 is 1.50 bits per heavy atom. The van der Waals surface area contributed by atoms with E-state index in [2.05, 4.69) is 11.1 Å². The van der Waals surface area contributed by atoms with Gasteiger partial charge in [-0.05, 0) is 19.1 Å². The van der Waals surface area contributed by atoms with Gasteiger partial charge in [0.25, 0.3) is 0 Å². The van der Waals surface area contributed by atoms with Crippen LogP contribution in [0.15, 0.2) is 41.8 Å². The summed E-state index contributed by atoms with van der Waals surface area (Å²) < 4.78 is 7.15. The minimum atomic E-state index is -0.128. The smallest absolute Gasteiger partial charge is 0.173 e. The normalized spacial score (nSPS) is 11.8. The summed E-state index contributed by atoms with van der Waals surface area (Å²) in [4.78, 5) is 4.27. The number of thioether (sulfide) groups is 1. The fraction of sp³-hybridized carbons (Fsp3) is 0.231. The van der Waals surface area contributed by atoms with E-state index in [4.69, 9.17) is 10.00 Å². The topological polar surface area (TPSA) is 50.8 Å². The predicted octanol–water partition coefficient (Wildman–Crippen LogP) is 2.89. The van der Waals surface area contributed by atoms with E-state index in [9.17, 15) is 0 Å². The van der Waals surface area contributed by atoms with Gasteiger partial charge in [-0.25, -0.2) is 4.98 Å². The maximum atomic E-state index is 8.85. The van der Waals surface area contributed by atoms with Crippen molar-refractivity contribution in [2.45, 2.75) is 17.3 Å². The Hall–Kier alpha value is -1.93. The number of hydrogen-bond acceptors (Lipinski definition) is 4. The van der Waals surface area contributed by atoms with Crippen molar-refractivity contribution in [3.05, 3.63) is 36.7 Å². The molecule has 4 nitrogen and oxygen atoms in total. The van der Waals surface area contributed by atoms with Crippen LogP contribution in [0.4, 0.5) is 0 Å². The highest BCUT2D eigenvalue weighted by Gasteiger charge is 2.10. The van der Waals surface area contributed by atoms with Gasteiger partial charge in [-0.2, -0.15) is 5.26 Å². The Kier molecular flexibility index (Phi) is 3.90. The molecular formula is C13H13N3OS. The monoisotopic (exact) mass is 259 g/mol. The lowest BCUT2D eigenvalue weighted by Gasteiger charge is -2.09. The molecule has 1 aromatic heterocycles. The highest BCUT2D eigenvalue weighted by atomic mass is 32.2. The number of aromatic nitrogens is 2. The average molecular weight is 259 g/mol. The molecule has 0 fully saturated rings. The minimum absolute atomic E-state index is 0.128. The fourth-order valence-electron chi connectivity index (χ4n) is 1.52. The first kappa shape index (κ1) is 12.5. The van der Waals surface area contributed by atoms with Gasteiger partial charge in [-0.1, -0.05) is 17.8 Å². The summed E-state index contributed by atoms with van der Waals surface area (Å²) in [5.41, 5.74) is 0.972. The summed E-state index contributed by atoms with van der Waals surface area (Å²) in [5.74, 6) is 0.797. The van der Waals surface area contributed by atoms with E-state index in [1.54, 1.807) is 13.3 Å². The lowest BCUT2D eigenvalue weighted by molar-refractivity contribution is 0.414. The number of nitrogens with zero attached hydrogens (tertiary/aromatic N) is 3. The third-order valence-corrected chi connectivity index (χ3v) is 3.37. The molecule has 0 N–H and O–H groups in total. The molecule has 18 heavy (non-hydrogen) atoms. The van der Waals surface area contributed by atoms with Gasteiger partial charge in [0.15, 0.2) is 5.16 Å². The molecule has 0 bridgehead atoms. The third-order valence-electron chi connectivity index (χ3n) is 2.40. The highest BCUT2D eigenvalue weighted by molar-refractivity contribution is 8.00. The average Bonchev–Trinajstić information content (AvgIpc) is 2.86. The predicted molar refractivity (Wildman–Crippen MR) is 71.0 cm³/mol. The molecule has 0 saturated carbocycles. The van der Waals surface area contributed by atoms with Crippen LogP contribution in [0.25, 0.3) is 5.69 Å². The Balaban J connectivity index is 2.33. The van der Waals surface area contributed by atoms with Crippen molar-refractivity contribution in [2.75, 3.05) is 7.11 Å². The number of methoxy groups -OCH3 is 1. The van der Waals surface area contributed by atoms with Crippen LogP contribution in [-0.2, 0) is 0 Å². The summed E-state index contributed by atoms with van der Waals surface area (Å²) in [7, 11) is 1.64. The molecule has 2 aromatic rings. The van der Waals surface area contributed by atoms with Crippen LogP contribution in [0.5, 0.6) is 5.75 Å². The fourth-order valence-corrected chi connectivity index (χ4v) is 2.29. The van der Waals surface area contributed by atoms with Crippen LogP contribution in [0.2, 0.25) is 0 Å². The van der Waals surface area contributed by atoms with E-state index >= 15 is 0 Å². The summed E-state index contributed by atoms with van der Waals surface area (Å²) in [6, 6.07) is 9.92. The van der Waals surface area contributed by atoms with E-state index in [-0.39, 0.29) is 5.25 Å². The molecule has 0 spiro atoms. The Bertz CT molecular complexity index is 574. The van der Waals surface area contributed by atoms with Crippen LogP contribution in [0.1, 0.15) is 6.92 Å². The molecule has 0 aliphatic rings. The summed E-state index contributed by atoms with van der Waals surface area (Å²) in [6.45, 7) is 1.86. The molecule has 1 heterocycles. The third kappa shape index (κ3) is 2.66. The van der Waals surface area contributed by atoms with Gasteiger partial charge in [-0.15, -0.1) is 0 Å². The second-order valence-electron chi connectivity index (χ2n) is 3.67. The number of imidazole rings is 1. The number of nitriles is 1. The van der Waals surface area contributed by atoms with Gasteiger partial charge in [0.1, 0.15) is 5.75 Å². The molecule has 92 valence electrons. The van der Waals surface area contributed by atoms with Gasteiger partial charge >= 0.3 is 0 Å². The zero-order valence-corrected chi connectivity index (χ0v) is 11.0. The van der Waals surface area contributed by atoms with E-state index in [1.807, 2.05) is 42.0 Å². The Morgan fingerprint density at radius 3 is 3.06 bits per heavy atom. The Labute approximate surface area is 110 Å². The molecule has 1 aromatic carbocycles. The van der Waals surface area contributed by atoms with Crippen molar-refractivity contribution >= 4 is 11.8 Å². The van der Waals surface area contributed by atoms with Gasteiger partial charge in [0, 0.05) is 18.5 Å². The van der Waals surface area contributed by atoms with E-state index < -0.39 is 0 Å². The SMILES string of the molecule is COc1cccc(-n2ccnc2S[C@@H](C)C#N)c1. The van der Waals surface area contributed by atoms with Crippen LogP contribution in [0.3, 0.4) is 0 Å². The van der Waals surface area contributed by atoms with E-state index in [0.717, 1.165) is 16.6 Å². The lowest BCUT2D eigenvalue weighted by Crippen LogP contribution is -1.99. The molecule has 1 atom stereocenters. The van der Waals surface area contributed by atoms with Crippen molar-refractivity contribution in [1.29, 1.82) is 5.26 Å². The summed E-state index contributed by atoms with van der Waals surface area (Å²) >= 11 is 1.44. The summed E-state index contributed by atoms with van der Waals surface area (Å²) in [6.07, 6.45) is 3.60. The van der Waals surface area contributed by atoms with Crippen molar-refractivity contribution in [3.8, 4) is 17.5 Å². The van der Waals surface area contributed by atoms with Crippen LogP contribution in [0, 0.1) is 11.3 Å². The largest absolute Gasteiger partial charge is 0.497 e. The molecule has 0 aliphatic heterocycles. The molecule has 0 unspecified atom stereocenters. The van der Waals surface area contributed by atoms with E-state index in [0.29, 0.717) is 0 Å². The Morgan fingerprint density at radius 2 is 2.33 bits per heavy atom. The van der Waals surface area contributed by atoms with Crippen LogP contribution in [-0.4, -0.2) is 21.9 Å². The minimum Gasteiger partial charge on any atom is -0.497 e. The van der Waals surface area contributed by atoms with Gasteiger partial charge in [0.2, 0.25) is 0 Å². The summed E-state index contributed by atoms with van der Waals surface area (Å²) in [5, 5.41) is 9.52. The first-order chi connectivity index (χ1) is 8.74. The van der Waals surface area contributed by atoms with Crippen LogP contribution >= 0.6 is 11.8 Å². The zero-order valence-electron chi connectivity index (χ0n) is 10.2. The van der Waals surface area contributed by atoms with Crippen LogP contribution < -0.4 is 4.74 Å². The van der Waals surface area contributed by atoms with Gasteiger partial charge < -0.3 is 4.74 Å². The van der Waals surface area contributed by atoms with E-state index in [1.165, 1.54) is 11.8 Å². The molecule has 2 rings (SSSR count). The quantitative estimate of drug-likeness (QED) is 0.792. The zero-order chi connectivity index (χ0) is 13.0. The molecule has 0 saturated heterocycles. The van der Waals surface area contributed by atoms with Crippen molar-refractivity contribution in [2.24, 2.45) is 0 Å². The maximum absolute atomic E-state index is 8.85. The van der Waals surface area contributed by atoms with Crippen molar-refractivity contribution in [1.82, 2.24) is 9.55 Å². The highest BCUT2D eigenvalue weighted by Crippen LogP contribution is 2.25. The second-order valence-corrected chi connectivity index (χ2v) is 4.98. The molecule has 0 radical (unpaired) electrons. The van der Waals surface area contributed by atoms with Crippen molar-refractivity contribution in [3.63, 3.8) is 0 Å². The maximum Gasteiger partial charge on any atom is 0.173 e. The molecule has 0 aliphatic carbocycles. The van der Waals surface area contributed by atoms with Gasteiger partial charge in [0.05, 0.1) is 24.1 Å². The number of ether oxygens (including phenoxy) is 1. The first-order valence-corrected chi connectivity index (χ1v) is 6.36. The molecular weight excluding hydrogens is 246 g/mol. The number of hydrogen-bond donors (Lipinski definition) is 0. The lowest BCUT2D eigenvalue weighted by atomic mass is 10.3. The molecule has 5 heteroatoms. The first-order valence-electron chi connectivity index (χ1n) is 5.48. The molecule has 0 amide bonds. The van der Waals surface area contributed by atoms with Crippen molar-refractivity contribution < 1.29 is 4.74 Å². The number of rotatable bonds is 4. The number of benzene rings is 1. The second kappa shape index (κ2) is 5.61.